The van der Waals surface area contributed by atoms with Gasteiger partial charge in [-0.25, -0.2) is 4.68 Å². The number of ether oxygens (including phenoxy) is 1. The molecule has 3 aromatic rings. The van der Waals surface area contributed by atoms with E-state index in [4.69, 9.17) is 4.74 Å². The number of nitrogens with one attached hydrogen (secondary N) is 1. The van der Waals surface area contributed by atoms with Gasteiger partial charge in [0.05, 0.1) is 13.2 Å². The van der Waals surface area contributed by atoms with E-state index in [1.165, 1.54) is 38.6 Å². The highest BCUT2D eigenvalue weighted by atomic mass is 16.5. The van der Waals surface area contributed by atoms with Gasteiger partial charge in [-0.2, -0.15) is 0 Å². The molecule has 0 bridgehead atoms. The van der Waals surface area contributed by atoms with Crippen LogP contribution in [-0.4, -0.2) is 74.3 Å². The van der Waals surface area contributed by atoms with Crippen LogP contribution in [0.2, 0.25) is 0 Å². The van der Waals surface area contributed by atoms with E-state index in [1.54, 1.807) is 7.11 Å². The van der Waals surface area contributed by atoms with Gasteiger partial charge >= 0.3 is 0 Å². The summed E-state index contributed by atoms with van der Waals surface area (Å²) in [7, 11) is 1.66. The summed E-state index contributed by atoms with van der Waals surface area (Å²) in [6, 6.07) is 8.33. The molecule has 3 aliphatic rings. The Kier molecular flexibility index (Phi) is 5.82. The smallest absolute Gasteiger partial charge is 0.253 e. The minimum absolute atomic E-state index is 0.0743. The minimum atomic E-state index is -0.279. The second kappa shape index (κ2) is 9.11. The van der Waals surface area contributed by atoms with Crippen LogP contribution < -0.4 is 10.3 Å². The number of piperazine rings is 1. The number of hydrogen-bond donors (Lipinski definition) is 1. The first-order valence-electron chi connectivity index (χ1n) is 12.7. The lowest BCUT2D eigenvalue weighted by Crippen LogP contribution is -2.52. The Morgan fingerprint density at radius 3 is 2.74 bits per heavy atom. The lowest BCUT2D eigenvalue weighted by molar-refractivity contribution is 0.0778. The van der Waals surface area contributed by atoms with Crippen molar-refractivity contribution in [2.24, 2.45) is 0 Å². The number of benzene rings is 1. The van der Waals surface area contributed by atoms with Crippen molar-refractivity contribution in [2.45, 2.75) is 63.1 Å². The molecule has 180 valence electrons. The van der Waals surface area contributed by atoms with E-state index in [2.05, 4.69) is 30.3 Å². The molecule has 1 aliphatic carbocycles. The summed E-state index contributed by atoms with van der Waals surface area (Å²) in [6.45, 7) is 4.02. The van der Waals surface area contributed by atoms with Crippen molar-refractivity contribution in [1.29, 1.82) is 0 Å². The summed E-state index contributed by atoms with van der Waals surface area (Å²) in [4.78, 5) is 21.6. The zero-order valence-electron chi connectivity index (χ0n) is 19.8. The Hall–Kier alpha value is -2.78. The predicted octanol–water partition coefficient (Wildman–Crippen LogP) is 2.90. The van der Waals surface area contributed by atoms with Crippen LogP contribution in [-0.2, 0) is 0 Å². The number of fused-ring (bicyclic) bond motifs is 2. The van der Waals surface area contributed by atoms with E-state index in [1.807, 2.05) is 28.9 Å². The van der Waals surface area contributed by atoms with Crippen LogP contribution in [0, 0.1) is 0 Å². The van der Waals surface area contributed by atoms with Gasteiger partial charge in [0, 0.05) is 42.1 Å². The second-order valence-electron chi connectivity index (χ2n) is 10.0. The fourth-order valence-electron chi connectivity index (χ4n) is 6.25. The zero-order valence-corrected chi connectivity index (χ0v) is 19.8. The van der Waals surface area contributed by atoms with Crippen LogP contribution in [0.15, 0.2) is 29.1 Å². The fourth-order valence-corrected chi connectivity index (χ4v) is 6.25. The number of methoxy groups -OCH3 is 1. The van der Waals surface area contributed by atoms with Gasteiger partial charge in [0.25, 0.3) is 5.56 Å². The lowest BCUT2D eigenvalue weighted by atomic mass is 9.95. The Bertz CT molecular complexity index is 1220. The number of aromatic amines is 1. The van der Waals surface area contributed by atoms with Gasteiger partial charge in [-0.3, -0.25) is 14.6 Å². The number of nitrogens with zero attached hydrogens (tertiary/aromatic N) is 6. The number of hydrogen-bond acceptors (Lipinski definition) is 7. The van der Waals surface area contributed by atoms with Crippen molar-refractivity contribution in [3.8, 4) is 5.75 Å². The molecule has 0 unspecified atom stereocenters. The first kappa shape index (κ1) is 21.7. The molecule has 9 nitrogen and oxygen atoms in total. The van der Waals surface area contributed by atoms with Crippen LogP contribution in [0.25, 0.3) is 10.9 Å². The number of aromatic nitrogens is 5. The fraction of sp³-hybridized carbons (Fsp3) is 0.600. The molecule has 2 atom stereocenters. The Morgan fingerprint density at radius 2 is 1.88 bits per heavy atom. The van der Waals surface area contributed by atoms with Crippen molar-refractivity contribution in [3.63, 3.8) is 0 Å². The van der Waals surface area contributed by atoms with Gasteiger partial charge in [-0.15, -0.1) is 5.10 Å². The minimum Gasteiger partial charge on any atom is -0.497 e. The van der Waals surface area contributed by atoms with Crippen LogP contribution in [0.1, 0.15) is 68.4 Å². The number of pyridine rings is 1. The van der Waals surface area contributed by atoms with E-state index in [0.717, 1.165) is 55.0 Å². The Balaban J connectivity index is 1.46. The molecule has 0 amide bonds. The summed E-state index contributed by atoms with van der Waals surface area (Å²) in [5.74, 6) is 1.57. The van der Waals surface area contributed by atoms with Crippen molar-refractivity contribution < 1.29 is 4.74 Å². The van der Waals surface area contributed by atoms with Crippen molar-refractivity contribution in [2.75, 3.05) is 33.3 Å². The van der Waals surface area contributed by atoms with Gasteiger partial charge in [0.1, 0.15) is 11.8 Å². The number of H-pyrrole nitrogens is 1. The molecular formula is C25H33N7O2. The third-order valence-electron chi connectivity index (χ3n) is 8.04. The van der Waals surface area contributed by atoms with Gasteiger partial charge < -0.3 is 9.72 Å². The lowest BCUT2D eigenvalue weighted by Gasteiger charge is -2.41. The molecule has 2 aliphatic heterocycles. The average Bonchev–Trinajstić information content (AvgIpc) is 3.54. The Labute approximate surface area is 199 Å². The number of rotatable bonds is 5. The molecular weight excluding hydrogens is 430 g/mol. The van der Waals surface area contributed by atoms with Gasteiger partial charge in [-0.05, 0) is 66.9 Å². The van der Waals surface area contributed by atoms with Crippen LogP contribution >= 0.6 is 0 Å². The molecule has 2 saturated heterocycles. The zero-order chi connectivity index (χ0) is 23.1. The summed E-state index contributed by atoms with van der Waals surface area (Å²) in [5.41, 5.74) is 1.44. The highest BCUT2D eigenvalue weighted by Gasteiger charge is 2.38. The summed E-state index contributed by atoms with van der Waals surface area (Å²) < 4.78 is 7.47. The third-order valence-corrected chi connectivity index (χ3v) is 8.04. The highest BCUT2D eigenvalue weighted by molar-refractivity contribution is 5.80. The third kappa shape index (κ3) is 3.90. The van der Waals surface area contributed by atoms with Crippen molar-refractivity contribution >= 4 is 10.9 Å². The first-order chi connectivity index (χ1) is 16.7. The molecule has 6 rings (SSSR count). The SMILES string of the molecule is COc1ccc2[nH]c(=O)c([C@H](c3nnnn3C3CCCCC3)N3CCN4CCC[C@H]4C3)cc2c1. The monoisotopic (exact) mass is 463 g/mol. The summed E-state index contributed by atoms with van der Waals surface area (Å²) in [5, 5.41) is 14.1. The topological polar surface area (TPSA) is 92.2 Å². The van der Waals surface area contributed by atoms with Crippen molar-refractivity contribution in [3.05, 3.63) is 46.0 Å². The molecule has 0 radical (unpaired) electrons. The predicted molar refractivity (Wildman–Crippen MR) is 129 cm³/mol. The van der Waals surface area contributed by atoms with Gasteiger partial charge in [0.15, 0.2) is 5.82 Å². The van der Waals surface area contributed by atoms with Crippen LogP contribution in [0.3, 0.4) is 0 Å². The second-order valence-corrected chi connectivity index (χ2v) is 10.0. The molecule has 34 heavy (non-hydrogen) atoms. The van der Waals surface area contributed by atoms with Crippen molar-refractivity contribution in [1.82, 2.24) is 35.0 Å². The van der Waals surface area contributed by atoms with Crippen LogP contribution in [0.4, 0.5) is 0 Å². The molecule has 9 heteroatoms. The molecule has 3 fully saturated rings. The first-order valence-corrected chi connectivity index (χ1v) is 12.7. The van der Waals surface area contributed by atoms with Gasteiger partial charge in [-0.1, -0.05) is 19.3 Å². The standard InChI is InChI=1S/C25H33N7O2/c1-34-20-9-10-22-17(14-20)15-21(25(33)26-22)23(31-13-12-30-11-5-8-19(30)16-31)24-27-28-29-32(24)18-6-3-2-4-7-18/h9-10,14-15,18-19,23H,2-8,11-13,16H2,1H3,(H,26,33)/t19-,23+/m0/s1. The maximum Gasteiger partial charge on any atom is 0.253 e. The quantitative estimate of drug-likeness (QED) is 0.622. The summed E-state index contributed by atoms with van der Waals surface area (Å²) in [6.07, 6.45) is 8.31. The average molecular weight is 464 g/mol. The molecule has 4 heterocycles. The molecule has 1 N–H and O–H groups in total. The van der Waals surface area contributed by atoms with E-state index in [9.17, 15) is 4.79 Å². The largest absolute Gasteiger partial charge is 0.497 e. The van der Waals surface area contributed by atoms with E-state index < -0.39 is 0 Å². The normalized spacial score (nSPS) is 23.3. The van der Waals surface area contributed by atoms with Gasteiger partial charge in [0.2, 0.25) is 0 Å². The van der Waals surface area contributed by atoms with E-state index >= 15 is 0 Å². The van der Waals surface area contributed by atoms with E-state index in [-0.39, 0.29) is 11.6 Å². The highest BCUT2D eigenvalue weighted by Crippen LogP contribution is 2.35. The summed E-state index contributed by atoms with van der Waals surface area (Å²) >= 11 is 0. The Morgan fingerprint density at radius 1 is 1.03 bits per heavy atom. The van der Waals surface area contributed by atoms with Crippen LogP contribution in [0.5, 0.6) is 5.75 Å². The van der Waals surface area contributed by atoms with E-state index in [0.29, 0.717) is 17.6 Å². The number of tetrazole rings is 1. The maximum absolute atomic E-state index is 13.5. The molecule has 1 aromatic carbocycles. The maximum atomic E-state index is 13.5. The molecule has 2 aromatic heterocycles. The molecule has 0 spiro atoms. The molecule has 1 saturated carbocycles.